The minimum Gasteiger partial charge on any atom is -0.379 e. The van der Waals surface area contributed by atoms with E-state index < -0.39 is 0 Å². The SMILES string of the molecule is Cc1ccc(NC(=O)N(CCN2CCOCC2)CC(=O)N(Cc2ccccc2)Cc2cccs2)cc1C. The standard InChI is InChI=1S/C29H36N4O3S/c1-23-10-11-26(19-24(23)2)30-29(35)32(13-12-31-14-16-36-17-15-31)22-28(34)33(21-27-9-6-18-37-27)20-25-7-4-3-5-8-25/h3-11,18-19H,12-17,20-22H2,1-2H3,(H,30,35). The average molecular weight is 521 g/mol. The molecule has 1 aromatic heterocycles. The van der Waals surface area contributed by atoms with Gasteiger partial charge in [0.1, 0.15) is 6.54 Å². The van der Waals surface area contributed by atoms with Gasteiger partial charge in [-0.2, -0.15) is 0 Å². The van der Waals surface area contributed by atoms with Gasteiger partial charge in [0.15, 0.2) is 0 Å². The molecular weight excluding hydrogens is 484 g/mol. The number of nitrogens with zero attached hydrogens (tertiary/aromatic N) is 3. The Kier molecular flexibility index (Phi) is 9.71. The summed E-state index contributed by atoms with van der Waals surface area (Å²) in [7, 11) is 0. The van der Waals surface area contributed by atoms with Gasteiger partial charge in [-0.15, -0.1) is 11.3 Å². The van der Waals surface area contributed by atoms with Gasteiger partial charge in [0.05, 0.1) is 19.8 Å². The van der Waals surface area contributed by atoms with E-state index in [1.807, 2.05) is 84.8 Å². The zero-order valence-electron chi connectivity index (χ0n) is 21.7. The molecule has 3 aromatic rings. The molecule has 196 valence electrons. The minimum absolute atomic E-state index is 0.0131. The van der Waals surface area contributed by atoms with E-state index in [0.29, 0.717) is 39.4 Å². The van der Waals surface area contributed by atoms with Crippen LogP contribution in [0.25, 0.3) is 0 Å². The van der Waals surface area contributed by atoms with Crippen molar-refractivity contribution in [3.63, 3.8) is 0 Å². The van der Waals surface area contributed by atoms with Crippen LogP contribution < -0.4 is 5.32 Å². The largest absolute Gasteiger partial charge is 0.379 e. The number of aryl methyl sites for hydroxylation is 2. The Bertz CT molecular complexity index is 1150. The summed E-state index contributed by atoms with van der Waals surface area (Å²) < 4.78 is 5.46. The zero-order valence-corrected chi connectivity index (χ0v) is 22.5. The molecule has 1 N–H and O–H groups in total. The van der Waals surface area contributed by atoms with E-state index in [1.165, 1.54) is 5.56 Å². The number of urea groups is 1. The minimum atomic E-state index is -0.263. The van der Waals surface area contributed by atoms with E-state index in [1.54, 1.807) is 16.2 Å². The van der Waals surface area contributed by atoms with Crippen molar-refractivity contribution in [2.24, 2.45) is 0 Å². The summed E-state index contributed by atoms with van der Waals surface area (Å²) >= 11 is 1.63. The lowest BCUT2D eigenvalue weighted by atomic mass is 10.1. The average Bonchev–Trinajstić information content (AvgIpc) is 3.42. The summed E-state index contributed by atoms with van der Waals surface area (Å²) in [5.41, 5.74) is 4.07. The van der Waals surface area contributed by atoms with Gasteiger partial charge in [-0.1, -0.05) is 42.5 Å². The number of carbonyl (C=O) groups excluding carboxylic acids is 2. The van der Waals surface area contributed by atoms with E-state index in [0.717, 1.165) is 34.8 Å². The summed E-state index contributed by atoms with van der Waals surface area (Å²) in [5.74, 6) is -0.0746. The normalized spacial score (nSPS) is 13.8. The maximum absolute atomic E-state index is 13.7. The zero-order chi connectivity index (χ0) is 26.0. The number of thiophene rings is 1. The quantitative estimate of drug-likeness (QED) is 0.419. The van der Waals surface area contributed by atoms with Crippen LogP contribution in [0.4, 0.5) is 10.5 Å². The Balaban J connectivity index is 1.49. The fourth-order valence-corrected chi connectivity index (χ4v) is 4.97. The number of hydrogen-bond donors (Lipinski definition) is 1. The fourth-order valence-electron chi connectivity index (χ4n) is 4.25. The van der Waals surface area contributed by atoms with Crippen LogP contribution >= 0.6 is 11.3 Å². The first-order valence-electron chi connectivity index (χ1n) is 12.8. The molecule has 37 heavy (non-hydrogen) atoms. The molecule has 0 bridgehead atoms. The Morgan fingerprint density at radius 1 is 0.946 bits per heavy atom. The van der Waals surface area contributed by atoms with Crippen LogP contribution in [0.2, 0.25) is 0 Å². The Labute approximate surface area is 223 Å². The van der Waals surface area contributed by atoms with Crippen LogP contribution in [0.5, 0.6) is 0 Å². The van der Waals surface area contributed by atoms with Crippen molar-refractivity contribution in [1.82, 2.24) is 14.7 Å². The van der Waals surface area contributed by atoms with Crippen molar-refractivity contribution in [3.8, 4) is 0 Å². The monoisotopic (exact) mass is 520 g/mol. The molecule has 0 atom stereocenters. The molecule has 1 aliphatic rings. The topological polar surface area (TPSA) is 65.1 Å². The van der Waals surface area contributed by atoms with E-state index in [2.05, 4.69) is 10.2 Å². The highest BCUT2D eigenvalue weighted by Gasteiger charge is 2.23. The van der Waals surface area contributed by atoms with Crippen LogP contribution in [-0.4, -0.2) is 72.6 Å². The second-order valence-corrected chi connectivity index (χ2v) is 10.5. The van der Waals surface area contributed by atoms with Gasteiger partial charge in [0.25, 0.3) is 0 Å². The van der Waals surface area contributed by atoms with Crippen LogP contribution in [-0.2, 0) is 22.6 Å². The highest BCUT2D eigenvalue weighted by Crippen LogP contribution is 2.17. The molecule has 1 saturated heterocycles. The molecule has 0 unspecified atom stereocenters. The molecule has 0 radical (unpaired) electrons. The third-order valence-corrected chi connectivity index (χ3v) is 7.52. The number of rotatable bonds is 10. The van der Waals surface area contributed by atoms with Crippen molar-refractivity contribution < 1.29 is 14.3 Å². The van der Waals surface area contributed by atoms with E-state index in [-0.39, 0.29) is 18.5 Å². The predicted molar refractivity (Wildman–Crippen MR) is 149 cm³/mol. The molecule has 2 aromatic carbocycles. The summed E-state index contributed by atoms with van der Waals surface area (Å²) in [5, 5.41) is 5.03. The molecule has 4 rings (SSSR count). The summed E-state index contributed by atoms with van der Waals surface area (Å²) in [6.07, 6.45) is 0. The molecule has 1 fully saturated rings. The number of amides is 3. The van der Waals surface area contributed by atoms with Crippen molar-refractivity contribution in [2.45, 2.75) is 26.9 Å². The fraction of sp³-hybridized carbons (Fsp3) is 0.379. The molecule has 7 nitrogen and oxygen atoms in total. The lowest BCUT2D eigenvalue weighted by Crippen LogP contribution is -2.48. The van der Waals surface area contributed by atoms with Gasteiger partial charge in [0, 0.05) is 43.3 Å². The molecule has 1 aliphatic heterocycles. The lowest BCUT2D eigenvalue weighted by Gasteiger charge is -2.31. The summed E-state index contributed by atoms with van der Waals surface area (Å²) in [6, 6.07) is 19.6. The van der Waals surface area contributed by atoms with Gasteiger partial charge in [-0.25, -0.2) is 4.79 Å². The molecule has 8 heteroatoms. The number of nitrogens with one attached hydrogen (secondary N) is 1. The first-order chi connectivity index (χ1) is 18.0. The third kappa shape index (κ3) is 8.15. The molecule has 0 aliphatic carbocycles. The number of carbonyl (C=O) groups is 2. The number of anilines is 1. The maximum atomic E-state index is 13.7. The van der Waals surface area contributed by atoms with E-state index in [4.69, 9.17) is 4.74 Å². The van der Waals surface area contributed by atoms with Gasteiger partial charge < -0.3 is 19.9 Å². The van der Waals surface area contributed by atoms with Crippen molar-refractivity contribution in [3.05, 3.63) is 87.6 Å². The first-order valence-corrected chi connectivity index (χ1v) is 13.6. The first kappa shape index (κ1) is 26.9. The van der Waals surface area contributed by atoms with Crippen LogP contribution in [0.1, 0.15) is 21.6 Å². The number of benzene rings is 2. The van der Waals surface area contributed by atoms with Crippen molar-refractivity contribution in [1.29, 1.82) is 0 Å². The highest BCUT2D eigenvalue weighted by molar-refractivity contribution is 7.09. The summed E-state index contributed by atoms with van der Waals surface area (Å²) in [4.78, 5) is 34.0. The van der Waals surface area contributed by atoms with Gasteiger partial charge in [0.2, 0.25) is 5.91 Å². The summed E-state index contributed by atoms with van der Waals surface area (Å²) in [6.45, 7) is 9.30. The Hall–Kier alpha value is -3.20. The Morgan fingerprint density at radius 3 is 2.43 bits per heavy atom. The van der Waals surface area contributed by atoms with Gasteiger partial charge in [-0.3, -0.25) is 9.69 Å². The maximum Gasteiger partial charge on any atom is 0.322 e. The smallest absolute Gasteiger partial charge is 0.322 e. The highest BCUT2D eigenvalue weighted by atomic mass is 32.1. The van der Waals surface area contributed by atoms with Crippen LogP contribution in [0, 0.1) is 13.8 Å². The third-order valence-electron chi connectivity index (χ3n) is 6.66. The number of morpholine rings is 1. The number of hydrogen-bond acceptors (Lipinski definition) is 5. The lowest BCUT2D eigenvalue weighted by molar-refractivity contribution is -0.133. The predicted octanol–water partition coefficient (Wildman–Crippen LogP) is 4.76. The van der Waals surface area contributed by atoms with E-state index >= 15 is 0 Å². The van der Waals surface area contributed by atoms with Gasteiger partial charge in [-0.05, 0) is 54.1 Å². The second kappa shape index (κ2) is 13.4. The van der Waals surface area contributed by atoms with Crippen LogP contribution in [0.15, 0.2) is 66.0 Å². The van der Waals surface area contributed by atoms with Crippen molar-refractivity contribution in [2.75, 3.05) is 51.3 Å². The molecule has 3 amide bonds. The van der Waals surface area contributed by atoms with E-state index in [9.17, 15) is 9.59 Å². The van der Waals surface area contributed by atoms with Crippen molar-refractivity contribution >= 4 is 29.0 Å². The number of ether oxygens (including phenoxy) is 1. The second-order valence-electron chi connectivity index (χ2n) is 9.42. The molecular formula is C29H36N4O3S. The molecule has 2 heterocycles. The van der Waals surface area contributed by atoms with Gasteiger partial charge >= 0.3 is 6.03 Å². The molecule has 0 saturated carbocycles. The molecule has 0 spiro atoms. The Morgan fingerprint density at radius 2 is 1.73 bits per heavy atom. The van der Waals surface area contributed by atoms with Crippen LogP contribution in [0.3, 0.4) is 0 Å².